The molecule has 0 aromatic carbocycles. The van der Waals surface area contributed by atoms with Crippen molar-refractivity contribution in [2.45, 2.75) is 309 Å². The highest BCUT2D eigenvalue weighted by Gasteiger charge is 2.24. The zero-order valence-corrected chi connectivity index (χ0v) is 55.1. The summed E-state index contributed by atoms with van der Waals surface area (Å²) in [5.41, 5.74) is 0. The molecule has 2 N–H and O–H groups in total. The minimum absolute atomic E-state index is 0.00673. The number of quaternary nitrogens is 1. The Balaban J connectivity index is 4.11. The maximum Gasteiger partial charge on any atom is 0.268 e. The van der Waals surface area contributed by atoms with Gasteiger partial charge in [-0.3, -0.25) is 9.36 Å². The van der Waals surface area contributed by atoms with Crippen LogP contribution < -0.4 is 10.2 Å². The summed E-state index contributed by atoms with van der Waals surface area (Å²) < 4.78 is 23.5. The van der Waals surface area contributed by atoms with Crippen LogP contribution in [0.15, 0.2) is 109 Å². The van der Waals surface area contributed by atoms with E-state index < -0.39 is 20.0 Å². The first-order valence-electron chi connectivity index (χ1n) is 34.2. The zero-order valence-electron chi connectivity index (χ0n) is 54.2. The Kier molecular flexibility index (Phi) is 60.5. The third kappa shape index (κ3) is 64.7. The van der Waals surface area contributed by atoms with Crippen molar-refractivity contribution in [1.82, 2.24) is 5.32 Å². The highest BCUT2D eigenvalue weighted by atomic mass is 31.2. The molecule has 0 aliphatic heterocycles. The molecule has 0 saturated carbocycles. The first kappa shape index (κ1) is 79.2. The smallest absolute Gasteiger partial charge is 0.268 e. The fourth-order valence-corrected chi connectivity index (χ4v) is 10.5. The van der Waals surface area contributed by atoms with Crippen LogP contribution in [-0.2, 0) is 18.4 Å². The van der Waals surface area contributed by atoms with Crippen molar-refractivity contribution in [3.8, 4) is 0 Å². The van der Waals surface area contributed by atoms with E-state index in [-0.39, 0.29) is 19.1 Å². The van der Waals surface area contributed by atoms with Gasteiger partial charge in [0.05, 0.1) is 39.9 Å². The maximum absolute atomic E-state index is 13.1. The molecular formula is C73H131N2O6P. The van der Waals surface area contributed by atoms with Gasteiger partial charge in [0.25, 0.3) is 7.82 Å². The Bertz CT molecular complexity index is 1700. The molecule has 0 radical (unpaired) electrons. The lowest BCUT2D eigenvalue weighted by Crippen LogP contribution is -2.46. The van der Waals surface area contributed by atoms with E-state index >= 15 is 0 Å². The average Bonchev–Trinajstić information content (AvgIpc) is 3.47. The molecule has 8 nitrogen and oxygen atoms in total. The van der Waals surface area contributed by atoms with Gasteiger partial charge in [-0.2, -0.15) is 0 Å². The van der Waals surface area contributed by atoms with Crippen LogP contribution in [0.4, 0.5) is 0 Å². The van der Waals surface area contributed by atoms with Gasteiger partial charge >= 0.3 is 0 Å². The van der Waals surface area contributed by atoms with E-state index in [4.69, 9.17) is 9.05 Å². The molecule has 82 heavy (non-hydrogen) atoms. The minimum atomic E-state index is -4.59. The van der Waals surface area contributed by atoms with Crippen molar-refractivity contribution >= 4 is 13.7 Å². The molecule has 0 bridgehead atoms. The summed E-state index contributed by atoms with van der Waals surface area (Å²) in [4.78, 5) is 25.7. The van der Waals surface area contributed by atoms with Gasteiger partial charge in [0.2, 0.25) is 5.91 Å². The summed E-state index contributed by atoms with van der Waals surface area (Å²) in [5, 5.41) is 14.1. The number of aliphatic hydroxyl groups is 1. The van der Waals surface area contributed by atoms with Crippen molar-refractivity contribution in [1.29, 1.82) is 0 Å². The highest BCUT2D eigenvalue weighted by molar-refractivity contribution is 7.45. The number of phosphoric ester groups is 1. The number of nitrogens with zero attached hydrogens (tertiary/aromatic N) is 1. The number of phosphoric acid groups is 1. The molecule has 474 valence electrons. The minimum Gasteiger partial charge on any atom is -0.756 e. The summed E-state index contributed by atoms with van der Waals surface area (Å²) >= 11 is 0. The molecule has 0 aromatic rings. The van der Waals surface area contributed by atoms with Crippen LogP contribution in [-0.4, -0.2) is 68.5 Å². The van der Waals surface area contributed by atoms with Crippen LogP contribution in [0.2, 0.25) is 0 Å². The molecule has 0 fully saturated rings. The van der Waals surface area contributed by atoms with Gasteiger partial charge < -0.3 is 28.8 Å². The lowest BCUT2D eigenvalue weighted by molar-refractivity contribution is -0.870. The molecule has 0 spiro atoms. The Morgan fingerprint density at radius 2 is 0.744 bits per heavy atom. The van der Waals surface area contributed by atoms with Gasteiger partial charge in [-0.25, -0.2) is 0 Å². The number of hydrogen-bond acceptors (Lipinski definition) is 6. The third-order valence-electron chi connectivity index (χ3n) is 15.0. The third-order valence-corrected chi connectivity index (χ3v) is 16.0. The molecule has 0 aliphatic rings. The molecule has 0 aliphatic carbocycles. The van der Waals surface area contributed by atoms with Crippen molar-refractivity contribution in [2.24, 2.45) is 0 Å². The van der Waals surface area contributed by atoms with Crippen molar-refractivity contribution in [2.75, 3.05) is 40.9 Å². The van der Waals surface area contributed by atoms with Gasteiger partial charge in [-0.1, -0.05) is 316 Å². The van der Waals surface area contributed by atoms with Gasteiger partial charge in [0.1, 0.15) is 13.2 Å². The molecule has 3 unspecified atom stereocenters. The Morgan fingerprint density at radius 3 is 1.09 bits per heavy atom. The zero-order chi connectivity index (χ0) is 59.8. The largest absolute Gasteiger partial charge is 0.756 e. The van der Waals surface area contributed by atoms with E-state index in [2.05, 4.69) is 129 Å². The highest BCUT2D eigenvalue weighted by Crippen LogP contribution is 2.38. The second-order valence-electron chi connectivity index (χ2n) is 24.2. The summed E-state index contributed by atoms with van der Waals surface area (Å²) in [7, 11) is 1.30. The van der Waals surface area contributed by atoms with Crippen LogP contribution in [0, 0.1) is 0 Å². The number of amides is 1. The molecule has 9 heteroatoms. The van der Waals surface area contributed by atoms with Crippen LogP contribution in [0.1, 0.15) is 296 Å². The van der Waals surface area contributed by atoms with Gasteiger partial charge in [-0.15, -0.1) is 0 Å². The number of allylic oxidation sites excluding steroid dienone is 18. The van der Waals surface area contributed by atoms with E-state index in [1.165, 1.54) is 167 Å². The van der Waals surface area contributed by atoms with E-state index in [1.807, 2.05) is 21.1 Å². The standard InChI is InChI=1S/C73H131N2O6P/c1-6-8-10-12-14-16-18-20-22-24-26-28-30-31-32-33-34-35-36-37-38-39-40-41-42-43-45-47-49-51-53-55-57-59-61-63-65-67-73(77)74-71(70-81-82(78,79)80-69-68-75(3,4)5)72(76)66-64-62-60-58-56-54-52-50-48-46-44-29-27-25-23-21-19-17-15-13-11-9-7-2/h8,10,14,16,20,22,26,28,31-32,34-35,37-38,40-41,43,45,71-72,76H,6-7,9,11-13,15,17-19,21,23-25,27,29-30,33,36,39,42,44,46-70H2,1-5H3,(H-,74,77,78,79)/b10-8-,16-14-,22-20-,28-26-,32-31-,35-34-,38-37-,41-40-,45-43-. The quantitative estimate of drug-likeness (QED) is 0.0272. The second kappa shape index (κ2) is 62.7. The van der Waals surface area contributed by atoms with Crippen LogP contribution in [0.5, 0.6) is 0 Å². The Hall–Kier alpha value is -2.84. The predicted octanol–water partition coefficient (Wildman–Crippen LogP) is 21.2. The van der Waals surface area contributed by atoms with Crippen molar-refractivity contribution < 1.29 is 32.9 Å². The van der Waals surface area contributed by atoms with Crippen molar-refractivity contribution in [3.63, 3.8) is 0 Å². The number of rotatable bonds is 62. The van der Waals surface area contributed by atoms with Gasteiger partial charge in [-0.05, 0) is 83.5 Å². The number of aliphatic hydroxyl groups excluding tert-OH is 1. The predicted molar refractivity (Wildman–Crippen MR) is 357 cm³/mol. The number of unbranched alkanes of at least 4 members (excludes halogenated alkanes) is 31. The molecule has 0 rings (SSSR count). The monoisotopic (exact) mass is 1160 g/mol. The number of likely N-dealkylation sites (N-methyl/N-ethyl adjacent to an activating group) is 1. The topological polar surface area (TPSA) is 108 Å². The first-order valence-corrected chi connectivity index (χ1v) is 35.7. The normalized spacial score (nSPS) is 14.4. The van der Waals surface area contributed by atoms with E-state index in [1.54, 1.807) is 0 Å². The van der Waals surface area contributed by atoms with Crippen LogP contribution >= 0.6 is 7.82 Å². The van der Waals surface area contributed by atoms with Gasteiger partial charge in [0.15, 0.2) is 0 Å². The number of carbonyl (C=O) groups excluding carboxylic acids is 1. The molecule has 0 aromatic heterocycles. The lowest BCUT2D eigenvalue weighted by Gasteiger charge is -2.30. The average molecular weight is 1160 g/mol. The molecule has 3 atom stereocenters. The van der Waals surface area contributed by atoms with E-state index in [0.717, 1.165) is 103 Å². The van der Waals surface area contributed by atoms with Crippen LogP contribution in [0.3, 0.4) is 0 Å². The molecule has 0 heterocycles. The number of hydrogen-bond donors (Lipinski definition) is 2. The molecular weight excluding hydrogens is 1030 g/mol. The van der Waals surface area contributed by atoms with Gasteiger partial charge in [0, 0.05) is 6.42 Å². The first-order chi connectivity index (χ1) is 40.0. The molecule has 0 saturated heterocycles. The second-order valence-corrected chi connectivity index (χ2v) is 25.6. The van der Waals surface area contributed by atoms with E-state index in [0.29, 0.717) is 23.9 Å². The molecule has 1 amide bonds. The lowest BCUT2D eigenvalue weighted by atomic mass is 10.0. The summed E-state index contributed by atoms with van der Waals surface area (Å²) in [6.07, 6.45) is 91.5. The Labute approximate surface area is 508 Å². The maximum atomic E-state index is 13.1. The van der Waals surface area contributed by atoms with Crippen molar-refractivity contribution in [3.05, 3.63) is 109 Å². The summed E-state index contributed by atoms with van der Waals surface area (Å²) in [6, 6.07) is -0.813. The fraction of sp³-hybridized carbons (Fsp3) is 0.740. The summed E-state index contributed by atoms with van der Waals surface area (Å²) in [5.74, 6) is -0.172. The summed E-state index contributed by atoms with van der Waals surface area (Å²) in [6.45, 7) is 4.63. The van der Waals surface area contributed by atoms with E-state index in [9.17, 15) is 19.4 Å². The number of nitrogens with one attached hydrogen (secondary N) is 1. The number of carbonyl (C=O) groups is 1. The van der Waals surface area contributed by atoms with Crippen LogP contribution in [0.25, 0.3) is 0 Å². The fourth-order valence-electron chi connectivity index (χ4n) is 9.74. The Morgan fingerprint density at radius 1 is 0.439 bits per heavy atom. The SMILES string of the molecule is CC/C=C\C/C=C\C/C=C\C/C=C\C/C=C\C/C=C\C/C=C\C/C=C\C/C=C\CCCCCCCCCCCC(=O)NC(COP(=O)([O-])OCC[N+](C)(C)C)C(O)CCCCCCCCCCCCCCCCCCCCCCCCC.